The van der Waals surface area contributed by atoms with Gasteiger partial charge in [-0.1, -0.05) is 12.1 Å². The van der Waals surface area contributed by atoms with Gasteiger partial charge in [0.1, 0.15) is 5.82 Å². The Hall–Kier alpha value is -3.06. The molecular formula is C19H19N5O2. The molecule has 1 aliphatic rings. The molecule has 0 amide bonds. The van der Waals surface area contributed by atoms with Crippen LogP contribution in [0.15, 0.2) is 48.5 Å². The Morgan fingerprint density at radius 2 is 1.65 bits per heavy atom. The molecule has 0 atom stereocenters. The van der Waals surface area contributed by atoms with Crippen molar-refractivity contribution in [3.63, 3.8) is 0 Å². The molecule has 2 heterocycles. The van der Waals surface area contributed by atoms with Crippen LogP contribution in [0.3, 0.4) is 0 Å². The van der Waals surface area contributed by atoms with Crippen LogP contribution < -0.4 is 4.90 Å². The maximum Gasteiger partial charge on any atom is 0.269 e. The van der Waals surface area contributed by atoms with Gasteiger partial charge in [-0.05, 0) is 31.3 Å². The van der Waals surface area contributed by atoms with Crippen molar-refractivity contribution in [1.82, 2.24) is 14.9 Å². The minimum absolute atomic E-state index is 0.0637. The Morgan fingerprint density at radius 3 is 2.35 bits per heavy atom. The zero-order chi connectivity index (χ0) is 18.1. The smallest absolute Gasteiger partial charge is 0.269 e. The topological polar surface area (TPSA) is 75.4 Å². The zero-order valence-electron chi connectivity index (χ0n) is 14.5. The number of nitrogens with zero attached hydrogens (tertiary/aromatic N) is 5. The number of rotatable bonds is 3. The van der Waals surface area contributed by atoms with Crippen LogP contribution in [0.25, 0.3) is 22.3 Å². The summed E-state index contributed by atoms with van der Waals surface area (Å²) in [4.78, 5) is 24.6. The summed E-state index contributed by atoms with van der Waals surface area (Å²) in [7, 11) is 2.12. The van der Waals surface area contributed by atoms with Gasteiger partial charge in [-0.3, -0.25) is 10.1 Å². The second-order valence-corrected chi connectivity index (χ2v) is 6.48. The molecule has 0 unspecified atom stereocenters. The van der Waals surface area contributed by atoms with Crippen LogP contribution in [0.2, 0.25) is 0 Å². The molecule has 0 aliphatic carbocycles. The number of benzene rings is 2. The molecule has 1 saturated heterocycles. The summed E-state index contributed by atoms with van der Waals surface area (Å²) in [6.45, 7) is 3.81. The first-order chi connectivity index (χ1) is 12.6. The van der Waals surface area contributed by atoms with Gasteiger partial charge in [0, 0.05) is 49.3 Å². The average molecular weight is 349 g/mol. The standard InChI is InChI=1S/C19H19N5O2/c1-22-10-12-23(13-11-22)19-16-4-2-3-5-17(16)20-18(21-19)14-6-8-15(9-7-14)24(25)26/h2-9H,10-13H2,1H3. The molecule has 26 heavy (non-hydrogen) atoms. The number of hydrogen-bond donors (Lipinski definition) is 0. The fraction of sp³-hybridized carbons (Fsp3) is 0.263. The third kappa shape index (κ3) is 3.09. The lowest BCUT2D eigenvalue weighted by atomic mass is 10.1. The van der Waals surface area contributed by atoms with Gasteiger partial charge in [0.15, 0.2) is 5.82 Å². The summed E-state index contributed by atoms with van der Waals surface area (Å²) in [6.07, 6.45) is 0. The fourth-order valence-corrected chi connectivity index (χ4v) is 3.18. The van der Waals surface area contributed by atoms with Crippen LogP contribution >= 0.6 is 0 Å². The highest BCUT2D eigenvalue weighted by Gasteiger charge is 2.19. The Kier molecular flexibility index (Phi) is 4.22. The third-order valence-corrected chi connectivity index (χ3v) is 4.72. The molecule has 4 rings (SSSR count). The van der Waals surface area contributed by atoms with E-state index in [-0.39, 0.29) is 5.69 Å². The first-order valence-electron chi connectivity index (χ1n) is 8.57. The van der Waals surface area contributed by atoms with Gasteiger partial charge in [-0.2, -0.15) is 0 Å². The van der Waals surface area contributed by atoms with E-state index >= 15 is 0 Å². The van der Waals surface area contributed by atoms with E-state index in [4.69, 9.17) is 4.98 Å². The molecule has 0 spiro atoms. The van der Waals surface area contributed by atoms with Crippen LogP contribution in [0.1, 0.15) is 0 Å². The van der Waals surface area contributed by atoms with Gasteiger partial charge in [0.05, 0.1) is 10.4 Å². The number of nitro groups is 1. The van der Waals surface area contributed by atoms with Crippen LogP contribution in [0, 0.1) is 10.1 Å². The normalized spacial score (nSPS) is 15.3. The Labute approximate surface area is 151 Å². The van der Waals surface area contributed by atoms with E-state index in [1.165, 1.54) is 12.1 Å². The molecule has 1 aromatic heterocycles. The van der Waals surface area contributed by atoms with Crippen molar-refractivity contribution < 1.29 is 4.92 Å². The lowest BCUT2D eigenvalue weighted by molar-refractivity contribution is -0.384. The number of hydrogen-bond acceptors (Lipinski definition) is 6. The molecule has 0 N–H and O–H groups in total. The van der Waals surface area contributed by atoms with Crippen molar-refractivity contribution in [2.45, 2.75) is 0 Å². The van der Waals surface area contributed by atoms with Crippen LogP contribution in [-0.4, -0.2) is 53.0 Å². The van der Waals surface area contributed by atoms with Crippen molar-refractivity contribution in [1.29, 1.82) is 0 Å². The third-order valence-electron chi connectivity index (χ3n) is 4.72. The van der Waals surface area contributed by atoms with Gasteiger partial charge in [0.25, 0.3) is 5.69 Å². The summed E-state index contributed by atoms with van der Waals surface area (Å²) < 4.78 is 0. The number of fused-ring (bicyclic) bond motifs is 1. The maximum atomic E-state index is 10.9. The van der Waals surface area contributed by atoms with E-state index < -0.39 is 4.92 Å². The quantitative estimate of drug-likeness (QED) is 0.534. The molecule has 7 heteroatoms. The molecule has 132 valence electrons. The molecule has 0 radical (unpaired) electrons. The largest absolute Gasteiger partial charge is 0.353 e. The number of nitro benzene ring substituents is 1. The molecule has 0 saturated carbocycles. The van der Waals surface area contributed by atoms with Gasteiger partial charge in [-0.15, -0.1) is 0 Å². The summed E-state index contributed by atoms with van der Waals surface area (Å²) >= 11 is 0. The predicted molar refractivity (Wildman–Crippen MR) is 101 cm³/mol. The summed E-state index contributed by atoms with van der Waals surface area (Å²) in [5.41, 5.74) is 1.72. The Balaban J connectivity index is 1.79. The molecule has 7 nitrogen and oxygen atoms in total. The maximum absolute atomic E-state index is 10.9. The lowest BCUT2D eigenvalue weighted by Gasteiger charge is -2.33. The van der Waals surface area contributed by atoms with E-state index in [9.17, 15) is 10.1 Å². The van der Waals surface area contributed by atoms with Crippen molar-refractivity contribution in [2.75, 3.05) is 38.1 Å². The van der Waals surface area contributed by atoms with E-state index in [1.807, 2.05) is 24.3 Å². The second kappa shape index (κ2) is 6.68. The van der Waals surface area contributed by atoms with E-state index in [0.717, 1.165) is 48.5 Å². The van der Waals surface area contributed by atoms with Crippen molar-refractivity contribution in [3.05, 3.63) is 58.6 Å². The zero-order valence-corrected chi connectivity index (χ0v) is 14.5. The first kappa shape index (κ1) is 16.4. The highest BCUT2D eigenvalue weighted by atomic mass is 16.6. The number of piperazine rings is 1. The predicted octanol–water partition coefficient (Wildman–Crippen LogP) is 2.96. The van der Waals surface area contributed by atoms with Crippen LogP contribution in [0.5, 0.6) is 0 Å². The molecule has 1 aliphatic heterocycles. The van der Waals surface area contributed by atoms with Crippen molar-refractivity contribution in [3.8, 4) is 11.4 Å². The molecule has 1 fully saturated rings. The highest BCUT2D eigenvalue weighted by molar-refractivity contribution is 5.91. The minimum Gasteiger partial charge on any atom is -0.353 e. The van der Waals surface area contributed by atoms with Crippen molar-refractivity contribution >= 4 is 22.4 Å². The van der Waals surface area contributed by atoms with Gasteiger partial charge in [-0.25, -0.2) is 9.97 Å². The number of likely N-dealkylation sites (N-methyl/N-ethyl adjacent to an activating group) is 1. The van der Waals surface area contributed by atoms with Crippen LogP contribution in [0.4, 0.5) is 11.5 Å². The van der Waals surface area contributed by atoms with E-state index in [2.05, 4.69) is 21.8 Å². The van der Waals surface area contributed by atoms with Crippen molar-refractivity contribution in [2.24, 2.45) is 0 Å². The minimum atomic E-state index is -0.402. The molecule has 0 bridgehead atoms. The highest BCUT2D eigenvalue weighted by Crippen LogP contribution is 2.28. The number of para-hydroxylation sites is 1. The van der Waals surface area contributed by atoms with E-state index in [1.54, 1.807) is 12.1 Å². The van der Waals surface area contributed by atoms with Gasteiger partial charge < -0.3 is 9.80 Å². The molecule has 3 aromatic rings. The number of anilines is 1. The average Bonchev–Trinajstić information content (AvgIpc) is 2.68. The summed E-state index contributed by atoms with van der Waals surface area (Å²) in [6, 6.07) is 14.4. The summed E-state index contributed by atoms with van der Waals surface area (Å²) in [5.74, 6) is 1.52. The Bertz CT molecular complexity index is 950. The monoisotopic (exact) mass is 349 g/mol. The van der Waals surface area contributed by atoms with Gasteiger partial charge >= 0.3 is 0 Å². The molecule has 2 aromatic carbocycles. The molecular weight excluding hydrogens is 330 g/mol. The first-order valence-corrected chi connectivity index (χ1v) is 8.57. The number of aromatic nitrogens is 2. The Morgan fingerprint density at radius 1 is 0.962 bits per heavy atom. The van der Waals surface area contributed by atoms with Crippen LogP contribution in [-0.2, 0) is 0 Å². The number of non-ortho nitro benzene ring substituents is 1. The fourth-order valence-electron chi connectivity index (χ4n) is 3.18. The van der Waals surface area contributed by atoms with E-state index in [0.29, 0.717) is 5.82 Å². The lowest BCUT2D eigenvalue weighted by Crippen LogP contribution is -2.45. The SMILES string of the molecule is CN1CCN(c2nc(-c3ccc([N+](=O)[O-])cc3)nc3ccccc23)CC1. The van der Waals surface area contributed by atoms with Gasteiger partial charge in [0.2, 0.25) is 0 Å². The summed E-state index contributed by atoms with van der Waals surface area (Å²) in [5, 5.41) is 11.9. The second-order valence-electron chi connectivity index (χ2n) is 6.48.